The molecule has 1 rings (SSSR count). The summed E-state index contributed by atoms with van der Waals surface area (Å²) in [6.45, 7) is 4.25. The van der Waals surface area contributed by atoms with Gasteiger partial charge in [-0.25, -0.2) is 4.68 Å². The Hall–Kier alpha value is -1.63. The summed E-state index contributed by atoms with van der Waals surface area (Å²) in [6, 6.07) is -0.0291. The van der Waals surface area contributed by atoms with E-state index in [-0.39, 0.29) is 16.7 Å². The van der Waals surface area contributed by atoms with Gasteiger partial charge in [0.15, 0.2) is 0 Å². The van der Waals surface area contributed by atoms with Gasteiger partial charge in [0.1, 0.15) is 5.69 Å². The fraction of sp³-hybridized carbons (Fsp3) is 0.700. The molecule has 0 aromatic carbocycles. The van der Waals surface area contributed by atoms with E-state index in [4.69, 9.17) is 5.73 Å². The Morgan fingerprint density at radius 3 is 2.76 bits per heavy atom. The molecule has 0 spiro atoms. The Kier molecular flexibility index (Phi) is 4.45. The zero-order chi connectivity index (χ0) is 13.0. The van der Waals surface area contributed by atoms with Crippen LogP contribution in [0.5, 0.6) is 0 Å². The maximum absolute atomic E-state index is 11.1. The molecule has 3 N–H and O–H groups in total. The number of aryl methyl sites for hydroxylation is 2. The van der Waals surface area contributed by atoms with Gasteiger partial charge in [0.2, 0.25) is 5.82 Å². The van der Waals surface area contributed by atoms with Gasteiger partial charge in [-0.1, -0.05) is 13.3 Å². The Bertz CT molecular complexity index is 402. The van der Waals surface area contributed by atoms with Crippen LogP contribution in [0.4, 0.5) is 11.5 Å². The minimum Gasteiger partial charge on any atom is -0.361 e. The number of hydrogen-bond donors (Lipinski definition) is 2. The first kappa shape index (κ1) is 13.4. The van der Waals surface area contributed by atoms with Gasteiger partial charge in [0.05, 0.1) is 4.92 Å². The minimum absolute atomic E-state index is 0.0291. The summed E-state index contributed by atoms with van der Waals surface area (Å²) in [7, 11) is 1.69. The first-order valence-corrected chi connectivity index (χ1v) is 5.68. The number of nitro groups is 1. The Labute approximate surface area is 100 Å². The van der Waals surface area contributed by atoms with E-state index in [9.17, 15) is 10.1 Å². The molecule has 1 heterocycles. The summed E-state index contributed by atoms with van der Waals surface area (Å²) in [4.78, 5) is 10.7. The van der Waals surface area contributed by atoms with Gasteiger partial charge in [-0.3, -0.25) is 10.1 Å². The number of rotatable bonds is 6. The average Bonchev–Trinajstić information content (AvgIpc) is 2.56. The van der Waals surface area contributed by atoms with Crippen molar-refractivity contribution in [1.82, 2.24) is 9.78 Å². The fourth-order valence-corrected chi connectivity index (χ4v) is 1.62. The first-order chi connectivity index (χ1) is 8.01. The molecule has 0 radical (unpaired) electrons. The van der Waals surface area contributed by atoms with E-state index in [1.165, 1.54) is 4.68 Å². The van der Waals surface area contributed by atoms with E-state index >= 15 is 0 Å². The van der Waals surface area contributed by atoms with Crippen molar-refractivity contribution < 1.29 is 4.92 Å². The fourth-order valence-electron chi connectivity index (χ4n) is 1.62. The van der Waals surface area contributed by atoms with Crippen LogP contribution in [0.15, 0.2) is 0 Å². The van der Waals surface area contributed by atoms with Gasteiger partial charge < -0.3 is 11.1 Å². The monoisotopic (exact) mass is 241 g/mol. The number of hydrogen-bond acceptors (Lipinski definition) is 5. The first-order valence-electron chi connectivity index (χ1n) is 5.68. The smallest absolute Gasteiger partial charge is 0.333 e. The molecule has 1 unspecified atom stereocenters. The van der Waals surface area contributed by atoms with Gasteiger partial charge >= 0.3 is 5.69 Å². The highest BCUT2D eigenvalue weighted by atomic mass is 16.6. The van der Waals surface area contributed by atoms with E-state index in [1.807, 2.05) is 13.8 Å². The molecular formula is C10H19N5O2. The van der Waals surface area contributed by atoms with Gasteiger partial charge in [-0.05, 0) is 13.3 Å². The van der Waals surface area contributed by atoms with E-state index < -0.39 is 0 Å². The van der Waals surface area contributed by atoms with Crippen LogP contribution in [0.1, 0.15) is 26.0 Å². The van der Waals surface area contributed by atoms with Crippen LogP contribution in [0.25, 0.3) is 0 Å². The highest BCUT2D eigenvalue weighted by molar-refractivity contribution is 5.60. The molecule has 7 nitrogen and oxygen atoms in total. The lowest BCUT2D eigenvalue weighted by molar-refractivity contribution is -0.384. The molecule has 0 bridgehead atoms. The van der Waals surface area contributed by atoms with Crippen LogP contribution in [-0.4, -0.2) is 27.3 Å². The van der Waals surface area contributed by atoms with Crippen molar-refractivity contribution in [3.05, 3.63) is 15.8 Å². The van der Waals surface area contributed by atoms with Gasteiger partial charge in [0.25, 0.3) is 0 Å². The van der Waals surface area contributed by atoms with Crippen LogP contribution in [0.2, 0.25) is 0 Å². The van der Waals surface area contributed by atoms with Crippen LogP contribution < -0.4 is 11.1 Å². The average molecular weight is 241 g/mol. The van der Waals surface area contributed by atoms with Gasteiger partial charge in [-0.2, -0.15) is 5.10 Å². The van der Waals surface area contributed by atoms with Crippen LogP contribution in [0.3, 0.4) is 0 Å². The molecule has 1 atom stereocenters. The lowest BCUT2D eigenvalue weighted by Gasteiger charge is -2.11. The maximum Gasteiger partial charge on any atom is 0.333 e. The molecule has 0 saturated carbocycles. The Morgan fingerprint density at radius 2 is 2.29 bits per heavy atom. The quantitative estimate of drug-likeness (QED) is 0.572. The summed E-state index contributed by atoms with van der Waals surface area (Å²) in [5.41, 5.74) is 6.08. The molecular weight excluding hydrogens is 222 g/mol. The molecule has 1 aromatic rings. The molecule has 0 aliphatic carbocycles. The van der Waals surface area contributed by atoms with Crippen molar-refractivity contribution in [1.29, 1.82) is 0 Å². The largest absolute Gasteiger partial charge is 0.361 e. The highest BCUT2D eigenvalue weighted by Crippen LogP contribution is 2.29. The minimum atomic E-state index is -0.385. The second-order valence-corrected chi connectivity index (χ2v) is 4.06. The number of anilines is 1. The molecule has 0 aliphatic rings. The van der Waals surface area contributed by atoms with Crippen molar-refractivity contribution in [3.8, 4) is 0 Å². The Morgan fingerprint density at radius 1 is 1.65 bits per heavy atom. The summed E-state index contributed by atoms with van der Waals surface area (Å²) in [5.74, 6) is 0.427. The third kappa shape index (κ3) is 2.94. The van der Waals surface area contributed by atoms with Crippen molar-refractivity contribution >= 4 is 11.5 Å². The van der Waals surface area contributed by atoms with Crippen LogP contribution in [-0.2, 0) is 13.5 Å². The molecule has 0 aliphatic heterocycles. The second-order valence-electron chi connectivity index (χ2n) is 4.06. The predicted octanol–water partition coefficient (Wildman–Crippen LogP) is 1.04. The van der Waals surface area contributed by atoms with Crippen LogP contribution >= 0.6 is 0 Å². The highest BCUT2D eigenvalue weighted by Gasteiger charge is 2.26. The number of nitrogens with zero attached hydrogens (tertiary/aromatic N) is 3. The normalized spacial score (nSPS) is 12.5. The number of nitrogens with two attached hydrogens (primary N) is 1. The van der Waals surface area contributed by atoms with E-state index in [2.05, 4.69) is 10.4 Å². The zero-order valence-electron chi connectivity index (χ0n) is 10.4. The van der Waals surface area contributed by atoms with Gasteiger partial charge in [0, 0.05) is 19.6 Å². The summed E-state index contributed by atoms with van der Waals surface area (Å²) < 4.78 is 1.51. The van der Waals surface area contributed by atoms with Crippen LogP contribution in [0, 0.1) is 10.1 Å². The molecule has 96 valence electrons. The molecule has 0 amide bonds. The Balaban J connectivity index is 3.13. The summed E-state index contributed by atoms with van der Waals surface area (Å²) in [5, 5.41) is 18.3. The van der Waals surface area contributed by atoms with E-state index in [0.717, 1.165) is 6.42 Å². The third-order valence-corrected chi connectivity index (χ3v) is 2.50. The van der Waals surface area contributed by atoms with Crippen molar-refractivity contribution in [3.63, 3.8) is 0 Å². The van der Waals surface area contributed by atoms with Crippen molar-refractivity contribution in [2.24, 2.45) is 12.8 Å². The number of aromatic nitrogens is 2. The molecule has 1 aromatic heterocycles. The van der Waals surface area contributed by atoms with Crippen molar-refractivity contribution in [2.45, 2.75) is 32.7 Å². The topological polar surface area (TPSA) is 99.0 Å². The third-order valence-electron chi connectivity index (χ3n) is 2.50. The van der Waals surface area contributed by atoms with E-state index in [0.29, 0.717) is 24.5 Å². The van der Waals surface area contributed by atoms with Gasteiger partial charge in [-0.15, -0.1) is 0 Å². The molecule has 17 heavy (non-hydrogen) atoms. The second kappa shape index (κ2) is 5.62. The lowest BCUT2D eigenvalue weighted by atomic mass is 10.2. The zero-order valence-corrected chi connectivity index (χ0v) is 10.4. The summed E-state index contributed by atoms with van der Waals surface area (Å²) in [6.07, 6.45) is 1.42. The predicted molar refractivity (Wildman–Crippen MR) is 66.0 cm³/mol. The number of nitrogens with one attached hydrogen (secondary N) is 1. The SMILES string of the molecule is CCCc1nn(C)c(NC(C)CN)c1[N+](=O)[O-]. The maximum atomic E-state index is 11.1. The molecule has 0 fully saturated rings. The molecule has 7 heteroatoms. The standard InChI is InChI=1S/C10H19N5O2/c1-4-5-8-9(15(16)17)10(14(3)13-8)12-7(2)6-11/h7,12H,4-6,11H2,1-3H3. The van der Waals surface area contributed by atoms with Crippen molar-refractivity contribution in [2.75, 3.05) is 11.9 Å². The van der Waals surface area contributed by atoms with E-state index in [1.54, 1.807) is 7.05 Å². The molecule has 0 saturated heterocycles. The lowest BCUT2D eigenvalue weighted by Crippen LogP contribution is -2.26. The summed E-state index contributed by atoms with van der Waals surface area (Å²) >= 11 is 0.